The Morgan fingerprint density at radius 1 is 1.23 bits per heavy atom. The first-order chi connectivity index (χ1) is 12.5. The Labute approximate surface area is 152 Å². The third-order valence-electron chi connectivity index (χ3n) is 3.65. The molecule has 0 aliphatic rings. The fourth-order valence-electron chi connectivity index (χ4n) is 2.17. The van der Waals surface area contributed by atoms with Crippen molar-refractivity contribution in [3.05, 3.63) is 41.7 Å². The van der Waals surface area contributed by atoms with Crippen LogP contribution in [0.15, 0.2) is 34.9 Å². The van der Waals surface area contributed by atoms with Gasteiger partial charge in [0.2, 0.25) is 0 Å². The van der Waals surface area contributed by atoms with Crippen molar-refractivity contribution in [3.8, 4) is 5.75 Å². The highest BCUT2D eigenvalue weighted by molar-refractivity contribution is 5.97. The summed E-state index contributed by atoms with van der Waals surface area (Å²) in [6.07, 6.45) is 1.45. The number of nitrogens with zero attached hydrogens (tertiary/aromatic N) is 1. The second-order valence-electron chi connectivity index (χ2n) is 5.84. The van der Waals surface area contributed by atoms with E-state index in [2.05, 4.69) is 17.4 Å². The van der Waals surface area contributed by atoms with E-state index in [1.54, 1.807) is 44.2 Å². The third-order valence-corrected chi connectivity index (χ3v) is 3.65. The lowest BCUT2D eigenvalue weighted by Crippen LogP contribution is -2.32. The predicted molar refractivity (Wildman–Crippen MR) is 96.2 cm³/mol. The first kappa shape index (κ1) is 19.5. The molecule has 1 aromatic carbocycles. The van der Waals surface area contributed by atoms with E-state index >= 15 is 0 Å². The Morgan fingerprint density at radius 3 is 2.54 bits per heavy atom. The van der Waals surface area contributed by atoms with Gasteiger partial charge in [0.05, 0.1) is 12.2 Å². The van der Waals surface area contributed by atoms with Crippen molar-refractivity contribution in [2.75, 3.05) is 11.9 Å². The number of ether oxygens (including phenoxy) is 2. The van der Waals surface area contributed by atoms with E-state index in [-0.39, 0.29) is 5.82 Å². The van der Waals surface area contributed by atoms with Crippen molar-refractivity contribution in [3.63, 3.8) is 0 Å². The standard InChI is InChI=1S/C19H24N2O5/c1-4-6-11-24-15-9-7-14(8-10-15)19(23)25-16(5-2)18(22)20-17-12-13(3)26-21-17/h7-10,12,16H,4-6,11H2,1-3H3,(H,20,21,22). The van der Waals surface area contributed by atoms with E-state index in [1.807, 2.05) is 0 Å². The number of aryl methyl sites for hydroxylation is 1. The molecule has 140 valence electrons. The molecule has 1 heterocycles. The van der Waals surface area contributed by atoms with Gasteiger partial charge in [-0.3, -0.25) is 4.79 Å². The summed E-state index contributed by atoms with van der Waals surface area (Å²) in [4.78, 5) is 24.5. The van der Waals surface area contributed by atoms with Gasteiger partial charge in [-0.2, -0.15) is 0 Å². The summed E-state index contributed by atoms with van der Waals surface area (Å²) < 4.78 is 15.8. The molecule has 0 bridgehead atoms. The highest BCUT2D eigenvalue weighted by atomic mass is 16.5. The van der Waals surface area contributed by atoms with Gasteiger partial charge in [0.15, 0.2) is 11.9 Å². The van der Waals surface area contributed by atoms with Crippen LogP contribution in [-0.4, -0.2) is 29.7 Å². The molecule has 0 spiro atoms. The number of amides is 1. The molecule has 1 unspecified atom stereocenters. The number of carbonyl (C=O) groups is 2. The molecule has 2 aromatic rings. The van der Waals surface area contributed by atoms with Crippen LogP contribution < -0.4 is 10.1 Å². The number of rotatable bonds is 9. The van der Waals surface area contributed by atoms with E-state index in [0.29, 0.717) is 30.1 Å². The topological polar surface area (TPSA) is 90.7 Å². The van der Waals surface area contributed by atoms with Gasteiger partial charge in [-0.15, -0.1) is 0 Å². The second kappa shape index (κ2) is 9.60. The highest BCUT2D eigenvalue weighted by Crippen LogP contribution is 2.15. The van der Waals surface area contributed by atoms with E-state index < -0.39 is 18.0 Å². The molecular weight excluding hydrogens is 336 g/mol. The highest BCUT2D eigenvalue weighted by Gasteiger charge is 2.23. The maximum absolute atomic E-state index is 12.3. The average molecular weight is 360 g/mol. The molecular formula is C19H24N2O5. The van der Waals surface area contributed by atoms with Crippen molar-refractivity contribution in [1.82, 2.24) is 5.16 Å². The largest absolute Gasteiger partial charge is 0.494 e. The molecule has 0 saturated carbocycles. The Kier molecular flexibility index (Phi) is 7.20. The average Bonchev–Trinajstić information content (AvgIpc) is 3.04. The zero-order valence-electron chi connectivity index (χ0n) is 15.3. The van der Waals surface area contributed by atoms with Crippen LogP contribution in [-0.2, 0) is 9.53 Å². The predicted octanol–water partition coefficient (Wildman–Crippen LogP) is 3.74. The van der Waals surface area contributed by atoms with Gasteiger partial charge in [-0.05, 0) is 44.0 Å². The van der Waals surface area contributed by atoms with Crippen LogP contribution in [0.5, 0.6) is 5.75 Å². The number of hydrogen-bond acceptors (Lipinski definition) is 6. The molecule has 1 amide bonds. The molecule has 1 aromatic heterocycles. The molecule has 7 nitrogen and oxygen atoms in total. The number of unbranched alkanes of at least 4 members (excludes halogenated alkanes) is 1. The van der Waals surface area contributed by atoms with Crippen molar-refractivity contribution in [2.45, 2.75) is 46.1 Å². The Hall–Kier alpha value is -2.83. The van der Waals surface area contributed by atoms with Crippen molar-refractivity contribution >= 4 is 17.7 Å². The quantitative estimate of drug-likeness (QED) is 0.541. The first-order valence-electron chi connectivity index (χ1n) is 8.71. The third kappa shape index (κ3) is 5.61. The molecule has 0 aliphatic carbocycles. The van der Waals surface area contributed by atoms with Crippen LogP contribution in [0, 0.1) is 6.92 Å². The van der Waals surface area contributed by atoms with Crippen LogP contribution in [0.2, 0.25) is 0 Å². The van der Waals surface area contributed by atoms with Crippen LogP contribution in [0.4, 0.5) is 5.82 Å². The van der Waals surface area contributed by atoms with Gasteiger partial charge in [-0.25, -0.2) is 4.79 Å². The number of nitrogens with one attached hydrogen (secondary N) is 1. The normalized spacial score (nSPS) is 11.7. The Morgan fingerprint density at radius 2 is 1.96 bits per heavy atom. The Balaban J connectivity index is 1.92. The van der Waals surface area contributed by atoms with E-state index in [0.717, 1.165) is 12.8 Å². The fraction of sp³-hybridized carbons (Fsp3) is 0.421. The molecule has 2 rings (SSSR count). The summed E-state index contributed by atoms with van der Waals surface area (Å²) in [6, 6.07) is 8.26. The van der Waals surface area contributed by atoms with Crippen LogP contribution in [0.1, 0.15) is 49.2 Å². The zero-order valence-corrected chi connectivity index (χ0v) is 15.3. The van der Waals surface area contributed by atoms with Crippen LogP contribution in [0.3, 0.4) is 0 Å². The van der Waals surface area contributed by atoms with E-state index in [4.69, 9.17) is 14.0 Å². The van der Waals surface area contributed by atoms with Gasteiger partial charge >= 0.3 is 5.97 Å². The molecule has 0 fully saturated rings. The van der Waals surface area contributed by atoms with Crippen molar-refractivity contribution < 1.29 is 23.6 Å². The molecule has 26 heavy (non-hydrogen) atoms. The minimum atomic E-state index is -0.917. The lowest BCUT2D eigenvalue weighted by atomic mass is 10.2. The lowest BCUT2D eigenvalue weighted by molar-refractivity contribution is -0.124. The van der Waals surface area contributed by atoms with Gasteiger partial charge in [0, 0.05) is 6.07 Å². The molecule has 0 radical (unpaired) electrons. The summed E-state index contributed by atoms with van der Waals surface area (Å²) in [5, 5.41) is 6.26. The zero-order chi connectivity index (χ0) is 18.9. The van der Waals surface area contributed by atoms with E-state index in [1.165, 1.54) is 0 Å². The maximum Gasteiger partial charge on any atom is 0.338 e. The molecule has 0 aliphatic heterocycles. The number of anilines is 1. The van der Waals surface area contributed by atoms with E-state index in [9.17, 15) is 9.59 Å². The minimum Gasteiger partial charge on any atom is -0.494 e. The maximum atomic E-state index is 12.3. The van der Waals surface area contributed by atoms with Gasteiger partial charge < -0.3 is 19.3 Å². The SMILES string of the molecule is CCCCOc1ccc(C(=O)OC(CC)C(=O)Nc2cc(C)on2)cc1. The fourth-order valence-corrected chi connectivity index (χ4v) is 2.17. The summed E-state index contributed by atoms with van der Waals surface area (Å²) >= 11 is 0. The number of aromatic nitrogens is 1. The van der Waals surface area contributed by atoms with Crippen LogP contribution in [0.25, 0.3) is 0 Å². The monoisotopic (exact) mass is 360 g/mol. The molecule has 0 saturated heterocycles. The lowest BCUT2D eigenvalue weighted by Gasteiger charge is -2.15. The van der Waals surface area contributed by atoms with Crippen LogP contribution >= 0.6 is 0 Å². The molecule has 1 N–H and O–H groups in total. The smallest absolute Gasteiger partial charge is 0.338 e. The van der Waals surface area contributed by atoms with Gasteiger partial charge in [0.25, 0.3) is 5.91 Å². The van der Waals surface area contributed by atoms with Gasteiger partial charge in [-0.1, -0.05) is 25.4 Å². The number of carbonyl (C=O) groups excluding carboxylic acids is 2. The summed E-state index contributed by atoms with van der Waals surface area (Å²) in [5.41, 5.74) is 0.358. The number of esters is 1. The van der Waals surface area contributed by atoms with Crippen molar-refractivity contribution in [1.29, 1.82) is 0 Å². The number of hydrogen-bond donors (Lipinski definition) is 1. The summed E-state index contributed by atoms with van der Waals surface area (Å²) in [7, 11) is 0. The summed E-state index contributed by atoms with van der Waals surface area (Å²) in [6.45, 7) is 6.21. The van der Waals surface area contributed by atoms with Crippen molar-refractivity contribution in [2.24, 2.45) is 0 Å². The van der Waals surface area contributed by atoms with Gasteiger partial charge in [0.1, 0.15) is 11.5 Å². The second-order valence-corrected chi connectivity index (χ2v) is 5.84. The minimum absolute atomic E-state index is 0.288. The molecule has 1 atom stereocenters. The Bertz CT molecular complexity index is 724. The summed E-state index contributed by atoms with van der Waals surface area (Å²) in [5.74, 6) is 0.542. The first-order valence-corrected chi connectivity index (χ1v) is 8.71. The number of benzene rings is 1. The molecule has 7 heteroatoms.